The third-order valence-corrected chi connectivity index (χ3v) is 2.15. The molecule has 0 spiro atoms. The topological polar surface area (TPSA) is 21.3 Å². The van der Waals surface area contributed by atoms with E-state index < -0.39 is 0 Å². The molecule has 2 rings (SSSR count). The van der Waals surface area contributed by atoms with E-state index in [1.807, 2.05) is 0 Å². The summed E-state index contributed by atoms with van der Waals surface area (Å²) < 4.78 is 5.51. The van der Waals surface area contributed by atoms with Crippen molar-refractivity contribution in [3.8, 4) is 0 Å². The molecule has 2 aliphatic rings. The first-order chi connectivity index (χ1) is 5.36. The second kappa shape index (κ2) is 2.70. The Hall–Kier alpha value is -0.760. The number of fused-ring (bicyclic) bond motifs is 1. The van der Waals surface area contributed by atoms with Crippen LogP contribution in [0.25, 0.3) is 0 Å². The quantitative estimate of drug-likeness (QED) is 0.562. The molecule has 11 heavy (non-hydrogen) atoms. The summed E-state index contributed by atoms with van der Waals surface area (Å²) in [6, 6.07) is 0.451. The Kier molecular flexibility index (Phi) is 1.70. The number of rotatable bonds is 0. The average Bonchev–Trinajstić information content (AvgIpc) is 2.04. The lowest BCUT2D eigenvalue weighted by Gasteiger charge is -2.28. The summed E-state index contributed by atoms with van der Waals surface area (Å²) in [4.78, 5) is 0. The van der Waals surface area contributed by atoms with E-state index in [4.69, 9.17) is 4.74 Å². The van der Waals surface area contributed by atoms with Crippen LogP contribution in [0.5, 0.6) is 0 Å². The van der Waals surface area contributed by atoms with E-state index in [9.17, 15) is 0 Å². The number of allylic oxidation sites excluding steroid dienone is 2. The Balaban J connectivity index is 2.17. The normalized spacial score (nSPS) is 29.7. The van der Waals surface area contributed by atoms with E-state index in [1.165, 1.54) is 5.57 Å². The summed E-state index contributed by atoms with van der Waals surface area (Å²) >= 11 is 0. The molecule has 1 aliphatic heterocycles. The fourth-order valence-corrected chi connectivity index (χ4v) is 1.53. The number of hydrogen-bond donors (Lipinski definition) is 1. The van der Waals surface area contributed by atoms with Crippen LogP contribution in [0.4, 0.5) is 0 Å². The van der Waals surface area contributed by atoms with Gasteiger partial charge in [-0.25, -0.2) is 0 Å². The predicted octanol–water partition coefficient (Wildman–Crippen LogP) is 1.21. The molecule has 0 bridgehead atoms. The van der Waals surface area contributed by atoms with Gasteiger partial charge in [0.2, 0.25) is 0 Å². The summed E-state index contributed by atoms with van der Waals surface area (Å²) in [5, 5.41) is 3.40. The van der Waals surface area contributed by atoms with Crippen LogP contribution in [0.1, 0.15) is 13.3 Å². The van der Waals surface area contributed by atoms with Gasteiger partial charge < -0.3 is 10.1 Å². The van der Waals surface area contributed by atoms with E-state index in [0.29, 0.717) is 6.04 Å². The summed E-state index contributed by atoms with van der Waals surface area (Å²) in [5.41, 5.74) is 1.32. The third-order valence-electron chi connectivity index (χ3n) is 2.15. The largest absolute Gasteiger partial charge is 0.495 e. The molecule has 1 saturated heterocycles. The Morgan fingerprint density at radius 2 is 2.55 bits per heavy atom. The van der Waals surface area contributed by atoms with Gasteiger partial charge in [0.1, 0.15) is 12.4 Å². The Bertz CT molecular complexity index is 218. The molecule has 2 heteroatoms. The average molecular weight is 151 g/mol. The Labute approximate surface area is 66.9 Å². The summed E-state index contributed by atoms with van der Waals surface area (Å²) in [6.45, 7) is 3.91. The van der Waals surface area contributed by atoms with Crippen LogP contribution < -0.4 is 5.32 Å². The predicted molar refractivity (Wildman–Crippen MR) is 44.2 cm³/mol. The van der Waals surface area contributed by atoms with Crippen LogP contribution >= 0.6 is 0 Å². The zero-order valence-corrected chi connectivity index (χ0v) is 6.76. The molecule has 1 atom stereocenters. The van der Waals surface area contributed by atoms with Crippen molar-refractivity contribution >= 4 is 0 Å². The molecule has 0 radical (unpaired) electrons. The van der Waals surface area contributed by atoms with E-state index >= 15 is 0 Å². The van der Waals surface area contributed by atoms with Crippen LogP contribution in [0.15, 0.2) is 23.5 Å². The van der Waals surface area contributed by atoms with Gasteiger partial charge in [-0.3, -0.25) is 0 Å². The fourth-order valence-electron chi connectivity index (χ4n) is 1.53. The second-order valence-electron chi connectivity index (χ2n) is 3.09. The highest BCUT2D eigenvalue weighted by atomic mass is 16.5. The molecule has 0 aromatic heterocycles. The smallest absolute Gasteiger partial charge is 0.113 e. The molecular weight excluding hydrogens is 138 g/mol. The van der Waals surface area contributed by atoms with E-state index in [1.54, 1.807) is 0 Å². The molecule has 0 amide bonds. The van der Waals surface area contributed by atoms with Gasteiger partial charge in [-0.1, -0.05) is 11.6 Å². The monoisotopic (exact) mass is 151 g/mol. The van der Waals surface area contributed by atoms with E-state index in [2.05, 4.69) is 24.4 Å². The van der Waals surface area contributed by atoms with E-state index in [-0.39, 0.29) is 0 Å². The standard InChI is InChI=1S/C9H13NO/c1-7-2-3-8-9(6-7)11-5-4-10-8/h2,6,8,10H,3-5H2,1H3. The summed E-state index contributed by atoms with van der Waals surface area (Å²) in [6.07, 6.45) is 5.45. The summed E-state index contributed by atoms with van der Waals surface area (Å²) in [5.74, 6) is 1.12. The van der Waals surface area contributed by atoms with Gasteiger partial charge in [-0.2, -0.15) is 0 Å². The van der Waals surface area contributed by atoms with Crippen LogP contribution in [0, 0.1) is 0 Å². The van der Waals surface area contributed by atoms with Gasteiger partial charge in [-0.05, 0) is 19.4 Å². The van der Waals surface area contributed by atoms with Gasteiger partial charge in [0, 0.05) is 6.54 Å². The maximum absolute atomic E-state index is 5.51. The number of nitrogens with one attached hydrogen (secondary N) is 1. The lowest BCUT2D eigenvalue weighted by molar-refractivity contribution is 0.147. The molecule has 0 aromatic carbocycles. The number of morpholine rings is 1. The van der Waals surface area contributed by atoms with Gasteiger partial charge in [-0.15, -0.1) is 0 Å². The van der Waals surface area contributed by atoms with Crippen molar-refractivity contribution in [3.63, 3.8) is 0 Å². The molecule has 0 aromatic rings. The molecular formula is C9H13NO. The molecule has 1 unspecified atom stereocenters. The number of ether oxygens (including phenoxy) is 1. The minimum absolute atomic E-state index is 0.451. The van der Waals surface area contributed by atoms with Crippen molar-refractivity contribution in [2.45, 2.75) is 19.4 Å². The zero-order chi connectivity index (χ0) is 7.68. The van der Waals surface area contributed by atoms with Crippen LogP contribution in [-0.2, 0) is 4.74 Å². The number of hydrogen-bond acceptors (Lipinski definition) is 2. The molecule has 1 fully saturated rings. The van der Waals surface area contributed by atoms with Crippen molar-refractivity contribution in [3.05, 3.63) is 23.5 Å². The van der Waals surface area contributed by atoms with Crippen molar-refractivity contribution < 1.29 is 4.74 Å². The van der Waals surface area contributed by atoms with Crippen molar-refractivity contribution in [2.24, 2.45) is 0 Å². The summed E-state index contributed by atoms with van der Waals surface area (Å²) in [7, 11) is 0. The van der Waals surface area contributed by atoms with Gasteiger partial charge in [0.25, 0.3) is 0 Å². The fraction of sp³-hybridized carbons (Fsp3) is 0.556. The first-order valence-electron chi connectivity index (χ1n) is 4.11. The zero-order valence-electron chi connectivity index (χ0n) is 6.76. The Morgan fingerprint density at radius 1 is 1.64 bits per heavy atom. The third kappa shape index (κ3) is 1.31. The first kappa shape index (κ1) is 6.92. The lowest BCUT2D eigenvalue weighted by atomic mass is 10.0. The first-order valence-corrected chi connectivity index (χ1v) is 4.11. The van der Waals surface area contributed by atoms with Crippen molar-refractivity contribution in [2.75, 3.05) is 13.2 Å². The van der Waals surface area contributed by atoms with Gasteiger partial charge in [0.15, 0.2) is 0 Å². The van der Waals surface area contributed by atoms with Crippen molar-refractivity contribution in [1.29, 1.82) is 0 Å². The molecule has 60 valence electrons. The molecule has 1 aliphatic carbocycles. The van der Waals surface area contributed by atoms with Gasteiger partial charge >= 0.3 is 0 Å². The molecule has 1 heterocycles. The van der Waals surface area contributed by atoms with Crippen molar-refractivity contribution in [1.82, 2.24) is 5.32 Å². The highest BCUT2D eigenvalue weighted by molar-refractivity contribution is 5.27. The highest BCUT2D eigenvalue weighted by Gasteiger charge is 2.20. The lowest BCUT2D eigenvalue weighted by Crippen LogP contribution is -2.40. The second-order valence-corrected chi connectivity index (χ2v) is 3.09. The molecule has 2 nitrogen and oxygen atoms in total. The molecule has 0 saturated carbocycles. The van der Waals surface area contributed by atoms with Crippen LogP contribution in [0.2, 0.25) is 0 Å². The van der Waals surface area contributed by atoms with Crippen LogP contribution in [0.3, 0.4) is 0 Å². The minimum Gasteiger partial charge on any atom is -0.495 e. The maximum atomic E-state index is 5.51. The highest BCUT2D eigenvalue weighted by Crippen LogP contribution is 2.20. The SMILES string of the molecule is CC1=CCC2NCCOC2=C1. The van der Waals surface area contributed by atoms with Gasteiger partial charge in [0.05, 0.1) is 6.04 Å². The Morgan fingerprint density at radius 3 is 3.45 bits per heavy atom. The maximum Gasteiger partial charge on any atom is 0.113 e. The van der Waals surface area contributed by atoms with E-state index in [0.717, 1.165) is 25.3 Å². The van der Waals surface area contributed by atoms with Crippen LogP contribution in [-0.4, -0.2) is 19.2 Å². The minimum atomic E-state index is 0.451. The molecule has 1 N–H and O–H groups in total.